The Morgan fingerprint density at radius 2 is 1.57 bits per heavy atom. The van der Waals surface area contributed by atoms with E-state index in [9.17, 15) is 22.4 Å². The lowest BCUT2D eigenvalue weighted by molar-refractivity contribution is -0.275. The number of alkyl halides is 3. The Balaban J connectivity index is 0.00000225. The topological polar surface area (TPSA) is 35.5 Å². The highest BCUT2D eigenvalue weighted by Gasteiger charge is 2.34. The van der Waals surface area contributed by atoms with Gasteiger partial charge in [-0.15, -0.1) is 13.2 Å². The van der Waals surface area contributed by atoms with Crippen molar-refractivity contribution < 1.29 is 34.7 Å². The zero-order valence-electron chi connectivity index (χ0n) is 15.9. The molecule has 2 fully saturated rings. The molecule has 0 unspecified atom stereocenters. The van der Waals surface area contributed by atoms with E-state index < -0.39 is 23.9 Å². The zero-order chi connectivity index (χ0) is 20.3. The molecule has 1 aromatic carbocycles. The number of ether oxygens (including phenoxy) is 2. The molecule has 2 aliphatic rings. The normalized spacial score (nSPS) is 28.6. The summed E-state index contributed by atoms with van der Waals surface area (Å²) in [5.41, 5.74) is 0. The molecule has 0 aromatic heterocycles. The number of rotatable bonds is 4. The van der Waals surface area contributed by atoms with Crippen molar-refractivity contribution in [2.45, 2.75) is 64.7 Å². The van der Waals surface area contributed by atoms with Crippen LogP contribution >= 0.6 is 0 Å². The maximum atomic E-state index is 13.7. The van der Waals surface area contributed by atoms with E-state index >= 15 is 0 Å². The first-order valence-corrected chi connectivity index (χ1v) is 9.98. The summed E-state index contributed by atoms with van der Waals surface area (Å²) in [6.45, 7) is 2.30. The van der Waals surface area contributed by atoms with E-state index in [-0.39, 0.29) is 14.5 Å². The van der Waals surface area contributed by atoms with Crippen molar-refractivity contribution in [3.05, 3.63) is 24.0 Å². The Morgan fingerprint density at radius 1 is 1.00 bits per heavy atom. The minimum Gasteiger partial charge on any atom is -0.426 e. The van der Waals surface area contributed by atoms with Gasteiger partial charge in [0.05, 0.1) is 5.92 Å². The predicted molar refractivity (Wildman–Crippen MR) is 99.5 cm³/mol. The summed E-state index contributed by atoms with van der Waals surface area (Å²) in [5, 5.41) is 0. The third-order valence-electron chi connectivity index (χ3n) is 6.18. The number of halogens is 4. The molecule has 0 radical (unpaired) electrons. The number of esters is 1. The fourth-order valence-corrected chi connectivity index (χ4v) is 4.54. The largest absolute Gasteiger partial charge is 0.573 e. The quantitative estimate of drug-likeness (QED) is 0.315. The predicted octanol–water partition coefficient (Wildman–Crippen LogP) is 6.75. The minimum atomic E-state index is -4.98. The number of benzene rings is 1. The minimum absolute atomic E-state index is 0. The second kappa shape index (κ2) is 8.70. The first-order valence-electron chi connectivity index (χ1n) is 9.98. The molecule has 0 aliphatic heterocycles. The van der Waals surface area contributed by atoms with Crippen LogP contribution in [0.3, 0.4) is 0 Å². The molecule has 7 heteroatoms. The molecule has 2 saturated carbocycles. The van der Waals surface area contributed by atoms with Gasteiger partial charge in [-0.1, -0.05) is 19.8 Å². The summed E-state index contributed by atoms with van der Waals surface area (Å²) in [7, 11) is 0. The van der Waals surface area contributed by atoms with Crippen molar-refractivity contribution in [1.82, 2.24) is 0 Å². The van der Waals surface area contributed by atoms with Gasteiger partial charge in [-0.2, -0.15) is 0 Å². The Labute approximate surface area is 165 Å². The average Bonchev–Trinajstić information content (AvgIpc) is 2.64. The second-order valence-electron chi connectivity index (χ2n) is 8.19. The van der Waals surface area contributed by atoms with E-state index in [0.717, 1.165) is 55.7 Å². The van der Waals surface area contributed by atoms with Crippen molar-refractivity contribution in [3.8, 4) is 11.5 Å². The van der Waals surface area contributed by atoms with Crippen LogP contribution in [0.5, 0.6) is 11.5 Å². The van der Waals surface area contributed by atoms with Crippen LogP contribution in [0.4, 0.5) is 17.6 Å². The molecule has 1 aromatic rings. The van der Waals surface area contributed by atoms with Crippen LogP contribution in [0.1, 0.15) is 61.1 Å². The third-order valence-corrected chi connectivity index (χ3v) is 6.18. The van der Waals surface area contributed by atoms with Crippen LogP contribution in [0.2, 0.25) is 0 Å². The lowest BCUT2D eigenvalue weighted by atomic mass is 9.69. The zero-order valence-corrected chi connectivity index (χ0v) is 15.9. The lowest BCUT2D eigenvalue weighted by Gasteiger charge is -2.36. The monoisotopic (exact) mass is 406 g/mol. The SMILES string of the molecule is CC1CCC(C2CCC(C(=O)Oc3ccc(OC(F)(F)F)c(F)c3)CC2)CC1.[HH].[HH]. The van der Waals surface area contributed by atoms with Gasteiger partial charge in [0, 0.05) is 8.92 Å². The maximum Gasteiger partial charge on any atom is 0.573 e. The lowest BCUT2D eigenvalue weighted by Crippen LogP contribution is -2.29. The van der Waals surface area contributed by atoms with Gasteiger partial charge in [0.2, 0.25) is 0 Å². The molecule has 28 heavy (non-hydrogen) atoms. The molecule has 2 aliphatic carbocycles. The van der Waals surface area contributed by atoms with Gasteiger partial charge in [0.25, 0.3) is 0 Å². The summed E-state index contributed by atoms with van der Waals surface area (Å²) < 4.78 is 59.1. The van der Waals surface area contributed by atoms with E-state index in [1.54, 1.807) is 0 Å². The first kappa shape index (κ1) is 20.9. The van der Waals surface area contributed by atoms with Gasteiger partial charge < -0.3 is 9.47 Å². The van der Waals surface area contributed by atoms with E-state index in [1.807, 2.05) is 0 Å². The molecule has 3 rings (SSSR count). The summed E-state index contributed by atoms with van der Waals surface area (Å²) in [4.78, 5) is 12.4. The maximum absolute atomic E-state index is 13.7. The van der Waals surface area contributed by atoms with Gasteiger partial charge >= 0.3 is 12.3 Å². The molecular weight excluding hydrogens is 376 g/mol. The van der Waals surface area contributed by atoms with Crippen LogP contribution in [0.15, 0.2) is 18.2 Å². The van der Waals surface area contributed by atoms with Crippen molar-refractivity contribution in [3.63, 3.8) is 0 Å². The first-order chi connectivity index (χ1) is 13.2. The van der Waals surface area contributed by atoms with Gasteiger partial charge in [-0.3, -0.25) is 4.79 Å². The van der Waals surface area contributed by atoms with E-state index in [0.29, 0.717) is 5.92 Å². The Morgan fingerprint density at radius 3 is 2.11 bits per heavy atom. The second-order valence-corrected chi connectivity index (χ2v) is 8.19. The Kier molecular flexibility index (Phi) is 6.50. The van der Waals surface area contributed by atoms with Crippen molar-refractivity contribution in [1.29, 1.82) is 0 Å². The van der Waals surface area contributed by atoms with E-state index in [2.05, 4.69) is 11.7 Å². The van der Waals surface area contributed by atoms with Gasteiger partial charge in [0.1, 0.15) is 5.75 Å². The molecule has 0 atom stereocenters. The Hall–Kier alpha value is -1.79. The van der Waals surface area contributed by atoms with Crippen LogP contribution in [-0.4, -0.2) is 12.3 Å². The molecule has 0 bridgehead atoms. The number of carbonyl (C=O) groups excluding carboxylic acids is 1. The summed E-state index contributed by atoms with van der Waals surface area (Å²) in [6.07, 6.45) is 3.60. The number of hydrogen-bond donors (Lipinski definition) is 0. The summed E-state index contributed by atoms with van der Waals surface area (Å²) in [5.74, 6) is -0.743. The van der Waals surface area contributed by atoms with Crippen LogP contribution in [0, 0.1) is 29.5 Å². The average molecular weight is 406 g/mol. The summed E-state index contributed by atoms with van der Waals surface area (Å²) in [6, 6.07) is 2.66. The highest BCUT2D eigenvalue weighted by atomic mass is 19.4. The molecule has 160 valence electrons. The summed E-state index contributed by atoms with van der Waals surface area (Å²) >= 11 is 0. The molecular formula is C21H30F4O3. The highest BCUT2D eigenvalue weighted by molar-refractivity contribution is 5.75. The molecule has 0 heterocycles. The Bertz CT molecular complexity index is 683. The van der Waals surface area contributed by atoms with E-state index in [1.165, 1.54) is 25.7 Å². The van der Waals surface area contributed by atoms with Crippen molar-refractivity contribution in [2.75, 3.05) is 0 Å². The third kappa shape index (κ3) is 5.61. The molecule has 0 spiro atoms. The molecule has 3 nitrogen and oxygen atoms in total. The van der Waals surface area contributed by atoms with Gasteiger partial charge in [-0.25, -0.2) is 4.39 Å². The molecule has 0 N–H and O–H groups in total. The standard InChI is InChI=1S/C21H26F4O3.2H2/c1-13-2-4-14(5-3-13)15-6-8-16(9-7-15)20(26)27-17-10-11-19(18(22)12-17)28-21(23,24)25;;/h10-16H,2-9H2,1H3;2*1H. The fourth-order valence-electron chi connectivity index (χ4n) is 4.54. The van der Waals surface area contributed by atoms with Crippen LogP contribution in [0.25, 0.3) is 0 Å². The van der Waals surface area contributed by atoms with Gasteiger partial charge in [-0.05, 0) is 68.4 Å². The van der Waals surface area contributed by atoms with Gasteiger partial charge in [0.15, 0.2) is 11.6 Å². The van der Waals surface area contributed by atoms with E-state index in [4.69, 9.17) is 4.74 Å². The molecule has 0 saturated heterocycles. The number of hydrogen-bond acceptors (Lipinski definition) is 3. The van der Waals surface area contributed by atoms with Crippen molar-refractivity contribution >= 4 is 5.97 Å². The van der Waals surface area contributed by atoms with Crippen molar-refractivity contribution in [2.24, 2.45) is 23.7 Å². The fraction of sp³-hybridized carbons (Fsp3) is 0.667. The van der Waals surface area contributed by atoms with Crippen LogP contribution in [-0.2, 0) is 4.79 Å². The molecule has 0 amide bonds. The smallest absolute Gasteiger partial charge is 0.426 e. The highest BCUT2D eigenvalue weighted by Crippen LogP contribution is 2.41. The van der Waals surface area contributed by atoms with Crippen LogP contribution < -0.4 is 9.47 Å². The number of carbonyl (C=O) groups is 1.